The average Bonchev–Trinajstić information content (AvgIpc) is 3.05. The van der Waals surface area contributed by atoms with Gasteiger partial charge in [-0.2, -0.15) is 57.1 Å². The summed E-state index contributed by atoms with van der Waals surface area (Å²) in [6.07, 6.45) is 1.82. The van der Waals surface area contributed by atoms with Crippen LogP contribution in [0, 0.1) is 5.41 Å². The van der Waals surface area contributed by atoms with Crippen LogP contribution in [0.1, 0.15) is 93.5 Å². The normalized spacial score (nSPS) is 22.0. The number of fused-ring (bicyclic) bond motifs is 3. The smallest absolute Gasteiger partial charge is 0.460 e. The monoisotopic (exact) mass is 738 g/mol. The molecular weight excluding hydrogens is 703 g/mol. The zero-order valence-electron chi connectivity index (χ0n) is 26.7. The minimum Gasteiger partial charge on any atom is -0.493 e. The number of rotatable bonds is 15. The van der Waals surface area contributed by atoms with Crippen molar-refractivity contribution in [2.75, 3.05) is 6.61 Å². The summed E-state index contributed by atoms with van der Waals surface area (Å²) in [5, 5.41) is 0. The maximum Gasteiger partial charge on any atom is 0.460 e. The number of benzene rings is 2. The molecule has 0 unspecified atom stereocenters. The summed E-state index contributed by atoms with van der Waals surface area (Å²) in [5.41, 5.74) is 1.61. The highest BCUT2D eigenvalue weighted by Crippen LogP contribution is 2.61. The molecule has 0 spiro atoms. The molecule has 0 aliphatic heterocycles. The van der Waals surface area contributed by atoms with Crippen LogP contribution in [0.5, 0.6) is 11.5 Å². The third-order valence-corrected chi connectivity index (χ3v) is 10.2. The van der Waals surface area contributed by atoms with Crippen LogP contribution in [0.25, 0.3) is 0 Å². The van der Waals surface area contributed by atoms with E-state index in [0.717, 1.165) is 43.5 Å². The molecule has 3 aliphatic rings. The Bertz CT molecular complexity index is 1440. The molecule has 0 amide bonds. The number of carbonyl (C=O) groups excluding carboxylic acids is 1. The van der Waals surface area contributed by atoms with Gasteiger partial charge in [-0.15, -0.1) is 0 Å². The molecule has 3 saturated carbocycles. The third kappa shape index (κ3) is 7.13. The van der Waals surface area contributed by atoms with E-state index in [1.165, 1.54) is 50.5 Å². The molecule has 50 heavy (non-hydrogen) atoms. The van der Waals surface area contributed by atoms with Crippen molar-refractivity contribution in [1.82, 2.24) is 0 Å². The first-order valence-corrected chi connectivity index (χ1v) is 16.0. The van der Waals surface area contributed by atoms with E-state index < -0.39 is 60.5 Å². The Morgan fingerprint density at radius 1 is 0.640 bits per heavy atom. The lowest BCUT2D eigenvalue weighted by Crippen LogP contribution is -2.70. The molecule has 0 heterocycles. The Kier molecular flexibility index (Phi) is 10.9. The molecule has 16 heteroatoms. The summed E-state index contributed by atoms with van der Waals surface area (Å²) in [4.78, 5) is 12.6. The van der Waals surface area contributed by atoms with Gasteiger partial charge in [-0.3, -0.25) is 0 Å². The van der Waals surface area contributed by atoms with E-state index >= 15 is 0 Å². The lowest BCUT2D eigenvalue weighted by molar-refractivity contribution is -0.440. The summed E-state index contributed by atoms with van der Waals surface area (Å²) >= 11 is 0. The van der Waals surface area contributed by atoms with Crippen molar-refractivity contribution in [2.24, 2.45) is 5.41 Å². The standard InChI is InChI=1S/C34H35F13O3/c1-2-3-4-13-27-14-17-28(18-15-27,19-16-27)23-7-11-25(12-8-23)50-26(48)22-5-9-24(10-6-22)49-21-20-29(35,36)30(37,38)31(39,40)32(41,42)33(43,44)34(45,46)47/h5-12H,2-4,13-21H2,1H3. The minimum atomic E-state index is -7.95. The maximum atomic E-state index is 14.0. The molecule has 280 valence electrons. The largest absolute Gasteiger partial charge is 0.493 e. The molecular formula is C34H35F13O3. The summed E-state index contributed by atoms with van der Waals surface area (Å²) in [6, 6.07) is 11.3. The highest BCUT2D eigenvalue weighted by molar-refractivity contribution is 5.91. The van der Waals surface area contributed by atoms with Gasteiger partial charge in [0.15, 0.2) is 0 Å². The second-order valence-electron chi connectivity index (χ2n) is 13.3. The molecule has 2 bridgehead atoms. The summed E-state index contributed by atoms with van der Waals surface area (Å²) in [7, 11) is 0. The van der Waals surface area contributed by atoms with Crippen molar-refractivity contribution >= 4 is 5.97 Å². The van der Waals surface area contributed by atoms with Crippen LogP contribution in [0.4, 0.5) is 57.1 Å². The van der Waals surface area contributed by atoms with Crippen LogP contribution < -0.4 is 9.47 Å². The number of hydrogen-bond acceptors (Lipinski definition) is 3. The molecule has 2 aromatic carbocycles. The van der Waals surface area contributed by atoms with Gasteiger partial charge in [-0.25, -0.2) is 4.79 Å². The van der Waals surface area contributed by atoms with E-state index in [1.54, 1.807) is 12.1 Å². The first kappa shape index (κ1) is 39.6. The van der Waals surface area contributed by atoms with Gasteiger partial charge in [-0.1, -0.05) is 38.3 Å². The van der Waals surface area contributed by atoms with Crippen molar-refractivity contribution in [1.29, 1.82) is 0 Å². The number of alkyl halides is 13. The molecule has 0 N–H and O–H groups in total. The lowest BCUT2D eigenvalue weighted by Gasteiger charge is -2.54. The zero-order valence-corrected chi connectivity index (χ0v) is 26.7. The molecule has 3 fully saturated rings. The van der Waals surface area contributed by atoms with Crippen molar-refractivity contribution in [3.8, 4) is 11.5 Å². The van der Waals surface area contributed by atoms with Crippen molar-refractivity contribution < 1.29 is 71.3 Å². The second-order valence-corrected chi connectivity index (χ2v) is 13.3. The highest BCUT2D eigenvalue weighted by Gasteiger charge is 2.90. The number of esters is 1. The summed E-state index contributed by atoms with van der Waals surface area (Å²) in [5.74, 6) is -38.2. The van der Waals surface area contributed by atoms with E-state index in [2.05, 4.69) is 6.92 Å². The zero-order chi connectivity index (χ0) is 37.4. The Labute approximate surface area is 279 Å². The minimum absolute atomic E-state index is 0.0803. The summed E-state index contributed by atoms with van der Waals surface area (Å²) < 4.78 is 183. The van der Waals surface area contributed by atoms with Gasteiger partial charge >= 0.3 is 41.8 Å². The fraction of sp³-hybridized carbons (Fsp3) is 0.618. The predicted molar refractivity (Wildman–Crippen MR) is 155 cm³/mol. The first-order valence-electron chi connectivity index (χ1n) is 16.0. The quantitative estimate of drug-likeness (QED) is 0.0790. The van der Waals surface area contributed by atoms with Gasteiger partial charge in [-0.05, 0) is 97.7 Å². The van der Waals surface area contributed by atoms with E-state index in [0.29, 0.717) is 5.41 Å². The van der Waals surface area contributed by atoms with Gasteiger partial charge in [0.2, 0.25) is 0 Å². The van der Waals surface area contributed by atoms with Crippen molar-refractivity contribution in [3.05, 3.63) is 59.7 Å². The van der Waals surface area contributed by atoms with Crippen LogP contribution in [0.2, 0.25) is 0 Å². The van der Waals surface area contributed by atoms with Crippen LogP contribution >= 0.6 is 0 Å². The molecule has 0 saturated heterocycles. The van der Waals surface area contributed by atoms with E-state index in [4.69, 9.17) is 9.47 Å². The molecule has 3 nitrogen and oxygen atoms in total. The highest BCUT2D eigenvalue weighted by atomic mass is 19.4. The van der Waals surface area contributed by atoms with Gasteiger partial charge in [0.25, 0.3) is 0 Å². The topological polar surface area (TPSA) is 35.5 Å². The van der Waals surface area contributed by atoms with Gasteiger partial charge in [0.1, 0.15) is 11.5 Å². The second kappa shape index (κ2) is 13.7. The molecule has 0 radical (unpaired) electrons. The number of carbonyl (C=O) groups is 1. The van der Waals surface area contributed by atoms with Crippen molar-refractivity contribution in [2.45, 2.75) is 119 Å². The number of hydrogen-bond donors (Lipinski definition) is 0. The average molecular weight is 739 g/mol. The van der Waals surface area contributed by atoms with Crippen LogP contribution in [0.15, 0.2) is 48.5 Å². The first-order chi connectivity index (χ1) is 23.0. The predicted octanol–water partition coefficient (Wildman–Crippen LogP) is 11.6. The molecule has 2 aromatic rings. The van der Waals surface area contributed by atoms with Crippen molar-refractivity contribution in [3.63, 3.8) is 0 Å². The summed E-state index contributed by atoms with van der Waals surface area (Å²) in [6.45, 7) is 0.592. The van der Waals surface area contributed by atoms with E-state index in [9.17, 15) is 61.9 Å². The van der Waals surface area contributed by atoms with Gasteiger partial charge in [0.05, 0.1) is 18.6 Å². The number of halogens is 13. The Morgan fingerprint density at radius 2 is 1.14 bits per heavy atom. The SMILES string of the molecule is CCCCCC12CCC(c3ccc(OC(=O)c4ccc(OCCC(F)(F)C(F)(F)C(F)(F)C(F)(F)C(F)(F)C(F)(F)F)cc4)cc3)(CC1)CC2. The molecule has 5 rings (SSSR count). The number of ether oxygens (including phenoxy) is 2. The Morgan fingerprint density at radius 3 is 1.64 bits per heavy atom. The fourth-order valence-corrected chi connectivity index (χ4v) is 6.81. The van der Waals surface area contributed by atoms with Crippen LogP contribution in [-0.4, -0.2) is 48.4 Å². The lowest BCUT2D eigenvalue weighted by atomic mass is 9.51. The maximum absolute atomic E-state index is 14.0. The van der Waals surface area contributed by atoms with Crippen LogP contribution in [0.3, 0.4) is 0 Å². The molecule has 3 aliphatic carbocycles. The van der Waals surface area contributed by atoms with Gasteiger partial charge < -0.3 is 9.47 Å². The van der Waals surface area contributed by atoms with E-state index in [1.807, 2.05) is 12.1 Å². The third-order valence-electron chi connectivity index (χ3n) is 10.2. The molecule has 0 atom stereocenters. The molecule has 0 aromatic heterocycles. The van der Waals surface area contributed by atoms with E-state index in [-0.39, 0.29) is 16.7 Å². The fourth-order valence-electron chi connectivity index (χ4n) is 6.81. The number of unbranched alkanes of at least 4 members (excludes halogenated alkanes) is 2. The Balaban J connectivity index is 1.31. The Hall–Kier alpha value is -3.20. The van der Waals surface area contributed by atoms with Crippen LogP contribution in [-0.2, 0) is 5.41 Å². The van der Waals surface area contributed by atoms with Gasteiger partial charge in [0, 0.05) is 0 Å².